The van der Waals surface area contributed by atoms with Gasteiger partial charge in [-0.25, -0.2) is 9.79 Å². The van der Waals surface area contributed by atoms with Crippen LogP contribution in [0.5, 0.6) is 0 Å². The number of fused-ring (bicyclic) bond motifs is 1. The van der Waals surface area contributed by atoms with Crippen LogP contribution in [0.4, 0.5) is 5.69 Å². The number of aromatic nitrogens is 1. The average molecular weight is 489 g/mol. The molecule has 0 N–H and O–H groups in total. The third-order valence-electron chi connectivity index (χ3n) is 5.60. The molecule has 3 aromatic rings. The summed E-state index contributed by atoms with van der Waals surface area (Å²) in [7, 11) is 0. The van der Waals surface area contributed by atoms with Gasteiger partial charge in [-0.15, -0.1) is 0 Å². The summed E-state index contributed by atoms with van der Waals surface area (Å²) in [6.45, 7) is 5.07. The number of nitro groups is 1. The summed E-state index contributed by atoms with van der Waals surface area (Å²) < 4.78 is 7.00. The zero-order chi connectivity index (χ0) is 25.3. The van der Waals surface area contributed by atoms with E-state index in [0.717, 1.165) is 16.9 Å². The maximum absolute atomic E-state index is 13.6. The molecule has 0 radical (unpaired) electrons. The quantitative estimate of drug-likeness (QED) is 0.309. The lowest BCUT2D eigenvalue weighted by atomic mass is 9.94. The van der Waals surface area contributed by atoms with Crippen molar-refractivity contribution in [3.05, 3.63) is 106 Å². The SMILES string of the molecule is CCOC(=O)C1=C(C)N=c2s/c(=C/c3ccc(C#N)cc3)c(=O)n2[C@H]1c1ccc(C)c([N+](=O)[O-])c1. The number of nitro benzene ring substituents is 1. The van der Waals surface area contributed by atoms with Crippen molar-refractivity contribution < 1.29 is 14.5 Å². The number of hydrogen-bond donors (Lipinski definition) is 0. The molecule has 0 amide bonds. The molecule has 0 fully saturated rings. The van der Waals surface area contributed by atoms with Crippen molar-refractivity contribution in [1.82, 2.24) is 4.57 Å². The molecule has 0 bridgehead atoms. The van der Waals surface area contributed by atoms with E-state index in [-0.39, 0.29) is 23.4 Å². The minimum absolute atomic E-state index is 0.111. The smallest absolute Gasteiger partial charge is 0.338 e. The maximum Gasteiger partial charge on any atom is 0.338 e. The van der Waals surface area contributed by atoms with Crippen LogP contribution in [-0.4, -0.2) is 22.1 Å². The Balaban J connectivity index is 1.97. The predicted octanol–water partition coefficient (Wildman–Crippen LogP) is 2.89. The summed E-state index contributed by atoms with van der Waals surface area (Å²) >= 11 is 1.15. The van der Waals surface area contributed by atoms with Crippen molar-refractivity contribution >= 4 is 29.1 Å². The Morgan fingerprint density at radius 3 is 2.63 bits per heavy atom. The number of benzene rings is 2. The molecule has 1 atom stereocenters. The summed E-state index contributed by atoms with van der Waals surface area (Å²) in [4.78, 5) is 42.5. The van der Waals surface area contributed by atoms with Gasteiger partial charge < -0.3 is 4.74 Å². The molecular formula is C25H20N4O5S. The predicted molar refractivity (Wildman–Crippen MR) is 129 cm³/mol. The maximum atomic E-state index is 13.6. The van der Waals surface area contributed by atoms with E-state index >= 15 is 0 Å². The van der Waals surface area contributed by atoms with E-state index in [1.807, 2.05) is 0 Å². The van der Waals surface area contributed by atoms with Gasteiger partial charge in [-0.3, -0.25) is 19.5 Å². The van der Waals surface area contributed by atoms with Gasteiger partial charge in [-0.2, -0.15) is 5.26 Å². The van der Waals surface area contributed by atoms with Crippen LogP contribution in [0.25, 0.3) is 6.08 Å². The lowest BCUT2D eigenvalue weighted by Crippen LogP contribution is -2.40. The molecule has 176 valence electrons. The van der Waals surface area contributed by atoms with Gasteiger partial charge in [-0.05, 0) is 50.1 Å². The molecule has 1 aliphatic rings. The van der Waals surface area contributed by atoms with Gasteiger partial charge in [0, 0.05) is 11.6 Å². The van der Waals surface area contributed by atoms with E-state index in [4.69, 9.17) is 10.00 Å². The van der Waals surface area contributed by atoms with E-state index in [0.29, 0.717) is 31.7 Å². The summed E-state index contributed by atoms with van der Waals surface area (Å²) in [6.07, 6.45) is 1.68. The van der Waals surface area contributed by atoms with E-state index in [2.05, 4.69) is 11.1 Å². The highest BCUT2D eigenvalue weighted by Crippen LogP contribution is 2.33. The van der Waals surface area contributed by atoms with Crippen LogP contribution >= 0.6 is 11.3 Å². The molecule has 0 aliphatic carbocycles. The molecule has 4 rings (SSSR count). The van der Waals surface area contributed by atoms with Crippen LogP contribution in [0.1, 0.15) is 42.1 Å². The van der Waals surface area contributed by atoms with E-state index in [9.17, 15) is 19.7 Å². The first kappa shape index (κ1) is 23.8. The van der Waals surface area contributed by atoms with Crippen molar-refractivity contribution in [1.29, 1.82) is 5.26 Å². The molecule has 2 aromatic carbocycles. The van der Waals surface area contributed by atoms with Gasteiger partial charge in [0.2, 0.25) is 0 Å². The molecule has 0 saturated heterocycles. The average Bonchev–Trinajstić information content (AvgIpc) is 3.13. The highest BCUT2D eigenvalue weighted by atomic mass is 32.1. The van der Waals surface area contributed by atoms with E-state index in [1.54, 1.807) is 63.2 Å². The van der Waals surface area contributed by atoms with Crippen molar-refractivity contribution in [2.75, 3.05) is 6.61 Å². The number of ether oxygens (including phenoxy) is 1. The largest absolute Gasteiger partial charge is 0.463 e. The molecule has 2 heterocycles. The van der Waals surface area contributed by atoms with Crippen molar-refractivity contribution in [2.45, 2.75) is 26.8 Å². The first-order valence-corrected chi connectivity index (χ1v) is 11.5. The third-order valence-corrected chi connectivity index (χ3v) is 6.58. The first-order chi connectivity index (χ1) is 16.7. The lowest BCUT2D eigenvalue weighted by molar-refractivity contribution is -0.385. The number of thiazole rings is 1. The fourth-order valence-electron chi connectivity index (χ4n) is 3.91. The number of nitrogens with zero attached hydrogens (tertiary/aromatic N) is 4. The summed E-state index contributed by atoms with van der Waals surface area (Å²) in [5.74, 6) is -0.636. The fourth-order valence-corrected chi connectivity index (χ4v) is 4.95. The zero-order valence-corrected chi connectivity index (χ0v) is 20.0. The molecule has 1 aromatic heterocycles. The van der Waals surface area contributed by atoms with Crippen LogP contribution in [0.15, 0.2) is 63.5 Å². The Kier molecular flexibility index (Phi) is 6.44. The van der Waals surface area contributed by atoms with Gasteiger partial charge >= 0.3 is 5.97 Å². The number of nitriles is 1. The van der Waals surface area contributed by atoms with E-state index < -0.39 is 16.9 Å². The molecule has 10 heteroatoms. The van der Waals surface area contributed by atoms with Crippen LogP contribution in [-0.2, 0) is 9.53 Å². The minimum Gasteiger partial charge on any atom is -0.463 e. The first-order valence-electron chi connectivity index (χ1n) is 10.7. The monoisotopic (exact) mass is 488 g/mol. The third kappa shape index (κ3) is 4.41. The summed E-state index contributed by atoms with van der Waals surface area (Å²) in [5, 5.41) is 20.6. The molecule has 0 saturated carbocycles. The normalized spacial score (nSPS) is 15.3. The van der Waals surface area contributed by atoms with Crippen LogP contribution in [0.3, 0.4) is 0 Å². The van der Waals surface area contributed by atoms with Crippen LogP contribution in [0.2, 0.25) is 0 Å². The van der Waals surface area contributed by atoms with Crippen LogP contribution < -0.4 is 14.9 Å². The van der Waals surface area contributed by atoms with Gasteiger partial charge in [0.1, 0.15) is 0 Å². The molecule has 0 spiro atoms. The second kappa shape index (κ2) is 9.48. The minimum atomic E-state index is -0.937. The highest BCUT2D eigenvalue weighted by molar-refractivity contribution is 7.07. The number of allylic oxidation sites excluding steroid dienone is 1. The second-order valence-electron chi connectivity index (χ2n) is 7.84. The standard InChI is InChI=1S/C25H20N4O5S/c1-4-34-24(31)21-15(3)27-25-28(22(21)18-10-5-14(2)19(12-18)29(32)33)23(30)20(35-25)11-16-6-8-17(13-26)9-7-16/h5-12,22H,4H2,1-3H3/b20-11+/t22-/m0/s1. The molecular weight excluding hydrogens is 468 g/mol. The molecule has 35 heavy (non-hydrogen) atoms. The van der Waals surface area contributed by atoms with Gasteiger partial charge in [-0.1, -0.05) is 35.6 Å². The Morgan fingerprint density at radius 1 is 1.29 bits per heavy atom. The van der Waals surface area contributed by atoms with Gasteiger partial charge in [0.25, 0.3) is 11.2 Å². The number of rotatable bonds is 5. The number of esters is 1. The Bertz CT molecular complexity index is 1610. The highest BCUT2D eigenvalue weighted by Gasteiger charge is 2.34. The van der Waals surface area contributed by atoms with Crippen molar-refractivity contribution in [3.63, 3.8) is 0 Å². The van der Waals surface area contributed by atoms with Gasteiger partial charge in [0.15, 0.2) is 4.80 Å². The molecule has 9 nitrogen and oxygen atoms in total. The fraction of sp³-hybridized carbons (Fsp3) is 0.200. The van der Waals surface area contributed by atoms with Crippen molar-refractivity contribution in [3.8, 4) is 6.07 Å². The van der Waals surface area contributed by atoms with E-state index in [1.165, 1.54) is 10.6 Å². The molecule has 0 unspecified atom stereocenters. The second-order valence-corrected chi connectivity index (χ2v) is 8.85. The lowest BCUT2D eigenvalue weighted by Gasteiger charge is -2.24. The number of carbonyl (C=O) groups is 1. The van der Waals surface area contributed by atoms with Crippen LogP contribution in [0, 0.1) is 28.4 Å². The number of hydrogen-bond acceptors (Lipinski definition) is 8. The Morgan fingerprint density at radius 2 is 2.00 bits per heavy atom. The zero-order valence-electron chi connectivity index (χ0n) is 19.1. The van der Waals surface area contributed by atoms with Crippen molar-refractivity contribution in [2.24, 2.45) is 4.99 Å². The van der Waals surface area contributed by atoms with Gasteiger partial charge in [0.05, 0.1) is 45.0 Å². The Labute approximate surface area is 203 Å². The number of carbonyl (C=O) groups excluding carboxylic acids is 1. The molecule has 1 aliphatic heterocycles. The summed E-state index contributed by atoms with van der Waals surface area (Å²) in [6, 6.07) is 12.5. The Hall–Kier alpha value is -4.36. The topological polar surface area (TPSA) is 128 Å². The summed E-state index contributed by atoms with van der Waals surface area (Å²) in [5.41, 5.74) is 2.12. The number of aryl methyl sites for hydroxylation is 1.